The van der Waals surface area contributed by atoms with E-state index < -0.39 is 28.2 Å². The summed E-state index contributed by atoms with van der Waals surface area (Å²) in [5, 5.41) is 0. The zero-order valence-electron chi connectivity index (χ0n) is 17.6. The van der Waals surface area contributed by atoms with Crippen LogP contribution in [0.25, 0.3) is 6.08 Å². The van der Waals surface area contributed by atoms with Gasteiger partial charge in [0.25, 0.3) is 0 Å². The first-order chi connectivity index (χ1) is 13.1. The summed E-state index contributed by atoms with van der Waals surface area (Å²) < 4.78 is 65.4. The molecule has 23 heavy (non-hydrogen) atoms. The Morgan fingerprint density at radius 2 is 1.87 bits per heavy atom. The first-order valence-electron chi connectivity index (χ1n) is 9.35. The SMILES string of the molecule is [2H]c1c([2H])c([2H])c(/C=C/CN(CC#C)S(=O)(=O)c2ccc(C)cc2)c([2H])c1[2H]. The maximum Gasteiger partial charge on any atom is 0.244 e. The molecule has 2 rings (SSSR count). The van der Waals surface area contributed by atoms with Gasteiger partial charge >= 0.3 is 0 Å². The Balaban J connectivity index is 2.35. The summed E-state index contributed by atoms with van der Waals surface area (Å²) in [7, 11) is -3.84. The van der Waals surface area contributed by atoms with Gasteiger partial charge in [0.15, 0.2) is 0 Å². The van der Waals surface area contributed by atoms with E-state index in [1.807, 2.05) is 6.92 Å². The Morgan fingerprint density at radius 3 is 2.48 bits per heavy atom. The third-order valence-corrected chi connectivity index (χ3v) is 4.87. The molecule has 0 atom stereocenters. The third-order valence-electron chi connectivity index (χ3n) is 3.04. The number of nitrogens with zero attached hydrogens (tertiary/aromatic N) is 1. The standard InChI is InChI=1S/C19H19NO2S/c1-3-15-20(16-7-10-18-8-5-4-6-9-18)23(21,22)19-13-11-17(2)12-14-19/h1,4-14H,15-16H2,2H3/b10-7+/i4D,5D,6D,8D,9D. The lowest BCUT2D eigenvalue weighted by Crippen LogP contribution is -2.31. The average molecular weight is 330 g/mol. The Kier molecular flexibility index (Phi) is 3.79. The van der Waals surface area contributed by atoms with Gasteiger partial charge < -0.3 is 0 Å². The second-order valence-corrected chi connectivity index (χ2v) is 6.69. The number of benzene rings is 2. The lowest BCUT2D eigenvalue weighted by molar-refractivity contribution is 0.478. The molecule has 0 saturated carbocycles. The van der Waals surface area contributed by atoms with Crippen molar-refractivity contribution in [3.05, 3.63) is 71.7 Å². The van der Waals surface area contributed by atoms with Crippen LogP contribution in [-0.4, -0.2) is 25.8 Å². The summed E-state index contributed by atoms with van der Waals surface area (Å²) in [6, 6.07) is 4.26. The smallest absolute Gasteiger partial charge is 0.207 e. The number of terminal acetylenes is 1. The second-order valence-electron chi connectivity index (χ2n) is 4.76. The topological polar surface area (TPSA) is 37.4 Å². The fraction of sp³-hybridized carbons (Fsp3) is 0.158. The first-order valence-corrected chi connectivity index (χ1v) is 8.29. The van der Waals surface area contributed by atoms with Gasteiger partial charge in [-0.3, -0.25) is 0 Å². The molecule has 4 heteroatoms. The van der Waals surface area contributed by atoms with Gasteiger partial charge in [-0.05, 0) is 24.6 Å². The summed E-state index contributed by atoms with van der Waals surface area (Å²) in [6.07, 6.45) is 8.03. The first kappa shape index (κ1) is 11.2. The van der Waals surface area contributed by atoms with Crippen molar-refractivity contribution in [2.45, 2.75) is 11.8 Å². The van der Waals surface area contributed by atoms with Crippen molar-refractivity contribution in [1.82, 2.24) is 4.31 Å². The number of sulfonamides is 1. The molecule has 118 valence electrons. The molecular weight excluding hydrogens is 306 g/mol. The fourth-order valence-electron chi connectivity index (χ4n) is 1.84. The van der Waals surface area contributed by atoms with Gasteiger partial charge in [-0.1, -0.05) is 66.0 Å². The Hall–Kier alpha value is -2.35. The van der Waals surface area contributed by atoms with Crippen LogP contribution in [0.15, 0.2) is 65.4 Å². The molecular formula is C19H19NO2S. The van der Waals surface area contributed by atoms with Crippen LogP contribution in [0, 0.1) is 19.3 Å². The minimum atomic E-state index is -3.84. The quantitative estimate of drug-likeness (QED) is 0.762. The van der Waals surface area contributed by atoms with Gasteiger partial charge in [-0.15, -0.1) is 6.42 Å². The molecule has 0 heterocycles. The van der Waals surface area contributed by atoms with Crippen LogP contribution < -0.4 is 0 Å². The van der Waals surface area contributed by atoms with Crippen LogP contribution >= 0.6 is 0 Å². The zero-order chi connectivity index (χ0) is 21.1. The van der Waals surface area contributed by atoms with Crippen molar-refractivity contribution in [3.63, 3.8) is 0 Å². The molecule has 0 saturated heterocycles. The molecule has 2 aromatic rings. The third kappa shape index (κ3) is 4.56. The fourth-order valence-corrected chi connectivity index (χ4v) is 3.14. The van der Waals surface area contributed by atoms with E-state index in [-0.39, 0.29) is 35.6 Å². The Labute approximate surface area is 145 Å². The van der Waals surface area contributed by atoms with Crippen LogP contribution in [0.5, 0.6) is 0 Å². The monoisotopic (exact) mass is 330 g/mol. The van der Waals surface area contributed by atoms with E-state index in [0.29, 0.717) is 0 Å². The average Bonchev–Trinajstić information content (AvgIpc) is 2.67. The van der Waals surface area contributed by atoms with Crippen molar-refractivity contribution < 1.29 is 15.3 Å². The molecule has 0 aliphatic heterocycles. The molecule has 0 spiro atoms. The molecule has 0 aliphatic rings. The van der Waals surface area contributed by atoms with Crippen molar-refractivity contribution in [3.8, 4) is 12.3 Å². The van der Waals surface area contributed by atoms with E-state index in [1.165, 1.54) is 24.3 Å². The molecule has 0 unspecified atom stereocenters. The van der Waals surface area contributed by atoms with Crippen molar-refractivity contribution in [1.29, 1.82) is 0 Å². The van der Waals surface area contributed by atoms with E-state index in [0.717, 1.165) is 9.87 Å². The minimum Gasteiger partial charge on any atom is -0.207 e. The summed E-state index contributed by atoms with van der Waals surface area (Å²) in [5.74, 6) is 2.31. The van der Waals surface area contributed by atoms with Crippen LogP contribution in [-0.2, 0) is 10.0 Å². The van der Waals surface area contributed by atoms with Gasteiger partial charge in [-0.25, -0.2) is 8.42 Å². The molecule has 0 aromatic heterocycles. The maximum absolute atomic E-state index is 12.8. The predicted molar refractivity (Wildman–Crippen MR) is 94.2 cm³/mol. The lowest BCUT2D eigenvalue weighted by Gasteiger charge is -2.18. The molecule has 0 fully saturated rings. The summed E-state index contributed by atoms with van der Waals surface area (Å²) >= 11 is 0. The molecule has 3 nitrogen and oxygen atoms in total. The molecule has 0 bridgehead atoms. The van der Waals surface area contributed by atoms with Crippen LogP contribution in [0.3, 0.4) is 0 Å². The Morgan fingerprint density at radius 1 is 1.22 bits per heavy atom. The second kappa shape index (κ2) is 7.77. The summed E-state index contributed by atoms with van der Waals surface area (Å²) in [4.78, 5) is 0.101. The normalized spacial score (nSPS) is 14.7. The highest BCUT2D eigenvalue weighted by molar-refractivity contribution is 7.89. The van der Waals surface area contributed by atoms with Gasteiger partial charge in [0.2, 0.25) is 10.0 Å². The Bertz CT molecular complexity index is 1030. The van der Waals surface area contributed by atoms with E-state index in [4.69, 9.17) is 13.3 Å². The van der Waals surface area contributed by atoms with Crippen LogP contribution in [0.4, 0.5) is 0 Å². The molecule has 0 aliphatic carbocycles. The maximum atomic E-state index is 12.8. The summed E-state index contributed by atoms with van der Waals surface area (Å²) in [6.45, 7) is 1.57. The van der Waals surface area contributed by atoms with E-state index in [1.54, 1.807) is 12.1 Å². The van der Waals surface area contributed by atoms with Crippen LogP contribution in [0.2, 0.25) is 0 Å². The van der Waals surface area contributed by atoms with E-state index >= 15 is 0 Å². The highest BCUT2D eigenvalue weighted by Crippen LogP contribution is 2.16. The van der Waals surface area contributed by atoms with E-state index in [2.05, 4.69) is 5.92 Å². The molecule has 0 radical (unpaired) electrons. The van der Waals surface area contributed by atoms with Crippen molar-refractivity contribution in [2.75, 3.05) is 13.1 Å². The minimum absolute atomic E-state index is 0.0145. The highest BCUT2D eigenvalue weighted by atomic mass is 32.2. The van der Waals surface area contributed by atoms with Gasteiger partial charge in [0, 0.05) is 6.54 Å². The summed E-state index contributed by atoms with van der Waals surface area (Å²) in [5.41, 5.74) is 0.905. The number of rotatable bonds is 6. The van der Waals surface area contributed by atoms with E-state index in [9.17, 15) is 8.42 Å². The van der Waals surface area contributed by atoms with Crippen LogP contribution in [0.1, 0.15) is 18.0 Å². The highest BCUT2D eigenvalue weighted by Gasteiger charge is 2.22. The lowest BCUT2D eigenvalue weighted by atomic mass is 10.2. The van der Waals surface area contributed by atoms with Crippen molar-refractivity contribution >= 4 is 16.1 Å². The van der Waals surface area contributed by atoms with Gasteiger partial charge in [0.1, 0.15) is 0 Å². The number of hydrogen-bond acceptors (Lipinski definition) is 2. The molecule has 2 aromatic carbocycles. The largest absolute Gasteiger partial charge is 0.244 e. The number of aryl methyl sites for hydroxylation is 1. The molecule has 0 N–H and O–H groups in total. The van der Waals surface area contributed by atoms with Gasteiger partial charge in [0.05, 0.1) is 18.3 Å². The van der Waals surface area contributed by atoms with Crippen molar-refractivity contribution in [2.24, 2.45) is 0 Å². The molecule has 0 amide bonds. The number of hydrogen-bond donors (Lipinski definition) is 0. The zero-order valence-corrected chi connectivity index (χ0v) is 13.4. The predicted octanol–water partition coefficient (Wildman–Crippen LogP) is 3.33. The van der Waals surface area contributed by atoms with Gasteiger partial charge in [-0.2, -0.15) is 4.31 Å².